The Labute approximate surface area is 159 Å². The average Bonchev–Trinajstić information content (AvgIpc) is 2.65. The summed E-state index contributed by atoms with van der Waals surface area (Å²) in [6.45, 7) is 8.15. The molecule has 5 rings (SSSR count). The van der Waals surface area contributed by atoms with Crippen molar-refractivity contribution in [1.29, 1.82) is 0 Å². The summed E-state index contributed by atoms with van der Waals surface area (Å²) in [6, 6.07) is 7.91. The lowest BCUT2D eigenvalue weighted by molar-refractivity contribution is 0.0436. The lowest BCUT2D eigenvalue weighted by atomic mass is 9.87. The summed E-state index contributed by atoms with van der Waals surface area (Å²) in [5, 5.41) is 3.02. The number of benzene rings is 1. The third-order valence-corrected chi connectivity index (χ3v) is 5.47. The van der Waals surface area contributed by atoms with Crippen molar-refractivity contribution in [3.05, 3.63) is 41.9 Å². The summed E-state index contributed by atoms with van der Waals surface area (Å²) in [6.07, 6.45) is 2.66. The minimum Gasteiger partial charge on any atom is -0.492 e. The van der Waals surface area contributed by atoms with E-state index in [0.29, 0.717) is 18.0 Å². The van der Waals surface area contributed by atoms with Crippen molar-refractivity contribution in [2.45, 2.75) is 39.3 Å². The zero-order chi connectivity index (χ0) is 19.0. The van der Waals surface area contributed by atoms with E-state index < -0.39 is 0 Å². The summed E-state index contributed by atoms with van der Waals surface area (Å²) >= 11 is 0. The third-order valence-electron chi connectivity index (χ3n) is 5.47. The summed E-state index contributed by atoms with van der Waals surface area (Å²) in [5.41, 5.74) is 2.83. The smallest absolute Gasteiger partial charge is 0.322 e. The Balaban J connectivity index is 1.45. The second-order valence-corrected chi connectivity index (χ2v) is 7.12. The average molecular weight is 367 g/mol. The summed E-state index contributed by atoms with van der Waals surface area (Å²) in [4.78, 5) is 25.8. The maximum absolute atomic E-state index is 12.8. The maximum atomic E-state index is 12.8. The molecule has 0 aliphatic carbocycles. The van der Waals surface area contributed by atoms with Crippen LogP contribution in [0.5, 0.6) is 5.75 Å². The predicted molar refractivity (Wildman–Crippen MR) is 104 cm³/mol. The zero-order valence-electron chi connectivity index (χ0n) is 16.0. The number of piperidine rings is 1. The number of aryl methyl sites for hydroxylation is 1. The lowest BCUT2D eigenvalue weighted by Crippen LogP contribution is -2.71. The van der Waals surface area contributed by atoms with Gasteiger partial charge in [-0.3, -0.25) is 0 Å². The van der Waals surface area contributed by atoms with Crippen LogP contribution in [-0.2, 0) is 0 Å². The monoisotopic (exact) mass is 367 g/mol. The molecule has 3 aliphatic heterocycles. The van der Waals surface area contributed by atoms with Gasteiger partial charge < -0.3 is 19.9 Å². The first-order chi connectivity index (χ1) is 13.1. The van der Waals surface area contributed by atoms with Gasteiger partial charge in [-0.25, -0.2) is 14.8 Å². The number of carbonyl (C=O) groups excluding carboxylic acids is 1. The number of nitrogens with one attached hydrogen (secondary N) is 1. The predicted octanol–water partition coefficient (Wildman–Crippen LogP) is 2.99. The van der Waals surface area contributed by atoms with E-state index in [2.05, 4.69) is 27.1 Å². The van der Waals surface area contributed by atoms with Crippen molar-refractivity contribution in [3.8, 4) is 5.75 Å². The van der Waals surface area contributed by atoms with Gasteiger partial charge in [-0.2, -0.15) is 0 Å². The minimum absolute atomic E-state index is 0.0568. The molecule has 3 fully saturated rings. The molecule has 2 bridgehead atoms. The van der Waals surface area contributed by atoms with Crippen LogP contribution in [0.3, 0.4) is 0 Å². The number of hydrogen-bond donors (Lipinski definition) is 1. The van der Waals surface area contributed by atoms with Crippen molar-refractivity contribution in [2.75, 3.05) is 29.9 Å². The molecule has 7 heteroatoms. The fourth-order valence-electron chi connectivity index (χ4n) is 3.99. The van der Waals surface area contributed by atoms with Gasteiger partial charge in [0.2, 0.25) is 0 Å². The summed E-state index contributed by atoms with van der Waals surface area (Å²) < 4.78 is 5.61. The van der Waals surface area contributed by atoms with Crippen molar-refractivity contribution >= 4 is 17.5 Å². The fourth-order valence-corrected chi connectivity index (χ4v) is 3.99. The van der Waals surface area contributed by atoms with Crippen LogP contribution in [0.1, 0.15) is 24.6 Å². The highest BCUT2D eigenvalue weighted by Gasteiger charge is 2.48. The van der Waals surface area contributed by atoms with Crippen LogP contribution in [0.15, 0.2) is 30.6 Å². The van der Waals surface area contributed by atoms with E-state index in [-0.39, 0.29) is 18.1 Å². The molecule has 0 saturated carbocycles. The molecule has 7 nitrogen and oxygen atoms in total. The molecule has 3 saturated heterocycles. The van der Waals surface area contributed by atoms with Crippen molar-refractivity contribution < 1.29 is 9.53 Å². The van der Waals surface area contributed by atoms with Gasteiger partial charge in [0.1, 0.15) is 17.9 Å². The van der Waals surface area contributed by atoms with Crippen molar-refractivity contribution in [2.24, 2.45) is 0 Å². The van der Waals surface area contributed by atoms with E-state index in [9.17, 15) is 4.79 Å². The number of hydrogen-bond acceptors (Lipinski definition) is 5. The Morgan fingerprint density at radius 2 is 1.96 bits per heavy atom. The second kappa shape index (κ2) is 7.06. The van der Waals surface area contributed by atoms with Crippen molar-refractivity contribution in [3.63, 3.8) is 0 Å². The Morgan fingerprint density at radius 3 is 2.70 bits per heavy atom. The van der Waals surface area contributed by atoms with Crippen LogP contribution in [0.2, 0.25) is 0 Å². The van der Waals surface area contributed by atoms with Crippen LogP contribution >= 0.6 is 0 Å². The quantitative estimate of drug-likeness (QED) is 0.900. The molecule has 2 unspecified atom stereocenters. The summed E-state index contributed by atoms with van der Waals surface area (Å²) in [7, 11) is 0. The maximum Gasteiger partial charge on any atom is 0.322 e. The minimum atomic E-state index is -0.0568. The standard InChI is InChI=1S/C20H25N5O2/c1-4-27-18-8-6-5-7-17(18)23-20(26)25-15-9-16(25)11-24(10-15)19-13(2)14(3)21-12-22-19/h5-8,12,15-16H,4,9-11H2,1-3H3,(H,23,26). The number of anilines is 2. The van der Waals surface area contributed by atoms with E-state index in [1.54, 1.807) is 6.33 Å². The molecule has 1 aromatic carbocycles. The topological polar surface area (TPSA) is 70.6 Å². The molecule has 0 spiro atoms. The number of fused-ring (bicyclic) bond motifs is 2. The normalized spacial score (nSPS) is 20.9. The lowest BCUT2D eigenvalue weighted by Gasteiger charge is -2.56. The van der Waals surface area contributed by atoms with Gasteiger partial charge >= 0.3 is 6.03 Å². The largest absolute Gasteiger partial charge is 0.492 e. The first-order valence-electron chi connectivity index (χ1n) is 9.42. The molecule has 4 heterocycles. The van der Waals surface area contributed by atoms with Gasteiger partial charge in [0.05, 0.1) is 24.4 Å². The molecule has 2 amide bonds. The molecule has 2 aromatic rings. The third kappa shape index (κ3) is 3.18. The van der Waals surface area contributed by atoms with E-state index in [1.165, 1.54) is 0 Å². The zero-order valence-corrected chi connectivity index (χ0v) is 16.0. The van der Waals surface area contributed by atoms with Gasteiger partial charge in [-0.05, 0) is 39.3 Å². The first kappa shape index (κ1) is 17.6. The van der Waals surface area contributed by atoms with Crippen molar-refractivity contribution in [1.82, 2.24) is 14.9 Å². The molecule has 0 radical (unpaired) electrons. The number of aromatic nitrogens is 2. The van der Waals surface area contributed by atoms with Gasteiger partial charge in [0, 0.05) is 24.3 Å². The Morgan fingerprint density at radius 1 is 1.22 bits per heavy atom. The highest BCUT2D eigenvalue weighted by atomic mass is 16.5. The van der Waals surface area contributed by atoms with Gasteiger partial charge in [0.25, 0.3) is 0 Å². The highest BCUT2D eigenvalue weighted by molar-refractivity contribution is 5.92. The Kier molecular flexibility index (Phi) is 4.59. The number of amides is 2. The molecular weight excluding hydrogens is 342 g/mol. The SMILES string of the molecule is CCOc1ccccc1NC(=O)N1C2CC1CN(c1ncnc(C)c1C)C2. The van der Waals surface area contributed by atoms with Crippen LogP contribution < -0.4 is 15.0 Å². The molecule has 2 atom stereocenters. The Bertz CT molecular complexity index is 844. The molecular formula is C20H25N5O2. The fraction of sp³-hybridized carbons (Fsp3) is 0.450. The highest BCUT2D eigenvalue weighted by Crippen LogP contribution is 2.36. The van der Waals surface area contributed by atoms with Crippen LogP contribution in [-0.4, -0.2) is 52.7 Å². The molecule has 27 heavy (non-hydrogen) atoms. The molecule has 1 N–H and O–H groups in total. The number of nitrogens with zero attached hydrogens (tertiary/aromatic N) is 4. The van der Waals surface area contributed by atoms with E-state index >= 15 is 0 Å². The van der Waals surface area contributed by atoms with Crippen LogP contribution in [0, 0.1) is 13.8 Å². The first-order valence-corrected chi connectivity index (χ1v) is 9.42. The number of rotatable bonds is 4. The molecule has 142 valence electrons. The molecule has 3 aliphatic rings. The van der Waals surface area contributed by atoms with Gasteiger partial charge in [-0.15, -0.1) is 0 Å². The van der Waals surface area contributed by atoms with Crippen LogP contribution in [0.25, 0.3) is 0 Å². The van der Waals surface area contributed by atoms with E-state index in [1.807, 2.05) is 43.0 Å². The number of para-hydroxylation sites is 2. The van der Waals surface area contributed by atoms with Gasteiger partial charge in [0.15, 0.2) is 0 Å². The Hall–Kier alpha value is -2.83. The molecule has 1 aromatic heterocycles. The van der Waals surface area contributed by atoms with Gasteiger partial charge in [-0.1, -0.05) is 12.1 Å². The number of carbonyl (C=O) groups is 1. The van der Waals surface area contributed by atoms with E-state index in [0.717, 1.165) is 36.6 Å². The second-order valence-electron chi connectivity index (χ2n) is 7.12. The number of piperazine rings is 1. The summed E-state index contributed by atoms with van der Waals surface area (Å²) in [5.74, 6) is 1.69. The van der Waals surface area contributed by atoms with E-state index in [4.69, 9.17) is 4.74 Å². The number of ether oxygens (including phenoxy) is 1. The van der Waals surface area contributed by atoms with Crippen LogP contribution in [0.4, 0.5) is 16.3 Å². The number of urea groups is 1.